The average molecular weight is 290 g/mol. The van der Waals surface area contributed by atoms with Gasteiger partial charge >= 0.3 is 10.3 Å². The van der Waals surface area contributed by atoms with E-state index in [-0.39, 0.29) is 18.2 Å². The molecule has 0 saturated heterocycles. The van der Waals surface area contributed by atoms with Crippen molar-refractivity contribution < 1.29 is 12.6 Å². The van der Waals surface area contributed by atoms with E-state index in [1.165, 1.54) is 12.1 Å². The zero-order valence-corrected chi connectivity index (χ0v) is 11.1. The fourth-order valence-electron chi connectivity index (χ4n) is 1.45. The molecule has 0 amide bonds. The maximum atomic E-state index is 10.7. The summed E-state index contributed by atoms with van der Waals surface area (Å²) in [5.74, 6) is 1.01. The average Bonchev–Trinajstić information content (AvgIpc) is 2.63. The number of aromatic nitrogens is 2. The van der Waals surface area contributed by atoms with Crippen LogP contribution in [0, 0.1) is 6.92 Å². The molecule has 2 rings (SSSR count). The van der Waals surface area contributed by atoms with Crippen LogP contribution >= 0.6 is 12.4 Å². The molecule has 2 aromatic rings. The van der Waals surface area contributed by atoms with E-state index in [4.69, 9.17) is 5.14 Å². The van der Waals surface area contributed by atoms with Crippen LogP contribution in [0.1, 0.15) is 5.82 Å². The van der Waals surface area contributed by atoms with Crippen molar-refractivity contribution in [2.24, 2.45) is 5.14 Å². The fourth-order valence-corrected chi connectivity index (χ4v) is 1.83. The van der Waals surface area contributed by atoms with Gasteiger partial charge in [-0.15, -0.1) is 12.4 Å². The quantitative estimate of drug-likeness (QED) is 0.919. The van der Waals surface area contributed by atoms with Gasteiger partial charge in [-0.05, 0) is 31.2 Å². The number of halogens is 1. The molecular formula is C10H12ClN3O3S. The lowest BCUT2D eigenvalue weighted by Crippen LogP contribution is -2.18. The molecule has 0 radical (unpaired) electrons. The highest BCUT2D eigenvalue weighted by atomic mass is 35.5. The predicted octanol–water partition coefficient (Wildman–Crippen LogP) is 1.18. The Bertz CT molecular complexity index is 622. The van der Waals surface area contributed by atoms with Crippen molar-refractivity contribution in [1.82, 2.24) is 9.55 Å². The molecule has 0 unspecified atom stereocenters. The number of hydrogen-bond acceptors (Lipinski definition) is 4. The van der Waals surface area contributed by atoms with Crippen molar-refractivity contribution in [3.63, 3.8) is 0 Å². The summed E-state index contributed by atoms with van der Waals surface area (Å²) >= 11 is 0. The van der Waals surface area contributed by atoms with Gasteiger partial charge in [-0.1, -0.05) is 0 Å². The van der Waals surface area contributed by atoms with Crippen LogP contribution < -0.4 is 9.32 Å². The maximum Gasteiger partial charge on any atom is 0.380 e. The minimum absolute atomic E-state index is 0. The molecule has 0 atom stereocenters. The van der Waals surface area contributed by atoms with E-state index in [0.29, 0.717) is 0 Å². The topological polar surface area (TPSA) is 87.2 Å². The summed E-state index contributed by atoms with van der Waals surface area (Å²) in [7, 11) is -3.97. The van der Waals surface area contributed by atoms with Crippen molar-refractivity contribution in [3.05, 3.63) is 42.5 Å². The number of rotatable bonds is 3. The van der Waals surface area contributed by atoms with Gasteiger partial charge in [0, 0.05) is 18.1 Å². The number of imidazole rings is 1. The summed E-state index contributed by atoms with van der Waals surface area (Å²) in [6, 6.07) is 6.49. The smallest absolute Gasteiger partial charge is 0.371 e. The van der Waals surface area contributed by atoms with Crippen LogP contribution in [0.3, 0.4) is 0 Å². The Labute approximate surface area is 111 Å². The molecule has 0 spiro atoms. The van der Waals surface area contributed by atoms with Crippen molar-refractivity contribution in [2.75, 3.05) is 0 Å². The highest BCUT2D eigenvalue weighted by molar-refractivity contribution is 7.84. The molecule has 1 aromatic carbocycles. The number of benzene rings is 1. The van der Waals surface area contributed by atoms with Crippen LogP contribution in [-0.4, -0.2) is 18.0 Å². The van der Waals surface area contributed by atoms with Gasteiger partial charge in [-0.25, -0.2) is 4.98 Å². The normalized spacial score (nSPS) is 10.8. The van der Waals surface area contributed by atoms with Crippen molar-refractivity contribution in [2.45, 2.75) is 6.92 Å². The Hall–Kier alpha value is -1.57. The first-order chi connectivity index (χ1) is 7.96. The lowest BCUT2D eigenvalue weighted by molar-refractivity contribution is 0.487. The lowest BCUT2D eigenvalue weighted by atomic mass is 10.3. The summed E-state index contributed by atoms with van der Waals surface area (Å²) in [6.07, 6.45) is 3.49. The van der Waals surface area contributed by atoms with Gasteiger partial charge < -0.3 is 8.75 Å². The van der Waals surface area contributed by atoms with E-state index in [1.54, 1.807) is 18.3 Å². The number of aryl methyl sites for hydroxylation is 1. The van der Waals surface area contributed by atoms with Crippen molar-refractivity contribution in [3.8, 4) is 11.4 Å². The zero-order chi connectivity index (χ0) is 12.5. The first-order valence-corrected chi connectivity index (χ1v) is 6.25. The Morgan fingerprint density at radius 1 is 1.28 bits per heavy atom. The minimum Gasteiger partial charge on any atom is -0.371 e. The SMILES string of the molecule is Cc1nccn1-c1ccc(OS(N)(=O)=O)cc1.Cl. The van der Waals surface area contributed by atoms with Crippen LogP contribution in [0.5, 0.6) is 5.75 Å². The second kappa shape index (κ2) is 5.38. The fraction of sp³-hybridized carbons (Fsp3) is 0.100. The molecule has 8 heteroatoms. The molecule has 0 saturated carbocycles. The minimum atomic E-state index is -3.97. The first-order valence-electron chi connectivity index (χ1n) is 4.78. The molecule has 0 aliphatic heterocycles. The Morgan fingerprint density at radius 2 is 1.89 bits per heavy atom. The molecule has 0 fully saturated rings. The monoisotopic (exact) mass is 289 g/mol. The third-order valence-corrected chi connectivity index (χ3v) is 2.58. The van der Waals surface area contributed by atoms with Crippen molar-refractivity contribution in [1.29, 1.82) is 0 Å². The van der Waals surface area contributed by atoms with E-state index in [1.807, 2.05) is 17.7 Å². The molecule has 6 nitrogen and oxygen atoms in total. The van der Waals surface area contributed by atoms with Crippen molar-refractivity contribution >= 4 is 22.7 Å². The van der Waals surface area contributed by atoms with Crippen LogP contribution in [0.15, 0.2) is 36.7 Å². The summed E-state index contributed by atoms with van der Waals surface area (Å²) in [5.41, 5.74) is 0.863. The third-order valence-electron chi connectivity index (χ3n) is 2.15. The number of nitrogens with zero attached hydrogens (tertiary/aromatic N) is 2. The Kier molecular flexibility index (Phi) is 4.33. The van der Waals surface area contributed by atoms with Gasteiger partial charge in [0.2, 0.25) is 0 Å². The van der Waals surface area contributed by atoms with E-state index >= 15 is 0 Å². The van der Waals surface area contributed by atoms with E-state index in [2.05, 4.69) is 9.17 Å². The molecule has 0 aliphatic carbocycles. The van der Waals surface area contributed by atoms with Crippen LogP contribution in [0.25, 0.3) is 5.69 Å². The van der Waals surface area contributed by atoms with Gasteiger partial charge in [-0.3, -0.25) is 0 Å². The first kappa shape index (κ1) is 14.5. The predicted molar refractivity (Wildman–Crippen MR) is 69.3 cm³/mol. The maximum absolute atomic E-state index is 10.7. The highest BCUT2D eigenvalue weighted by Crippen LogP contribution is 2.17. The molecule has 0 bridgehead atoms. The van der Waals surface area contributed by atoms with E-state index < -0.39 is 10.3 Å². The van der Waals surface area contributed by atoms with Crippen LogP contribution in [0.2, 0.25) is 0 Å². The molecule has 98 valence electrons. The van der Waals surface area contributed by atoms with Gasteiger partial charge in [0.15, 0.2) is 0 Å². The van der Waals surface area contributed by atoms with E-state index in [0.717, 1.165) is 11.5 Å². The van der Waals surface area contributed by atoms with Crippen LogP contribution in [-0.2, 0) is 10.3 Å². The van der Waals surface area contributed by atoms with E-state index in [9.17, 15) is 8.42 Å². The Morgan fingerprint density at radius 3 is 2.33 bits per heavy atom. The molecule has 0 aliphatic rings. The standard InChI is InChI=1S/C10H11N3O3S.ClH/c1-8-12-6-7-13(8)9-2-4-10(5-3-9)16-17(11,14)15;/h2-7H,1H3,(H2,11,14,15);1H. The molecule has 1 heterocycles. The zero-order valence-electron chi connectivity index (χ0n) is 9.48. The van der Waals surface area contributed by atoms with Gasteiger partial charge in [-0.2, -0.15) is 13.6 Å². The molecule has 1 aromatic heterocycles. The van der Waals surface area contributed by atoms with Gasteiger partial charge in [0.1, 0.15) is 11.6 Å². The second-order valence-electron chi connectivity index (χ2n) is 3.41. The number of hydrogen-bond donors (Lipinski definition) is 1. The number of nitrogens with two attached hydrogens (primary N) is 1. The summed E-state index contributed by atoms with van der Waals surface area (Å²) in [6.45, 7) is 1.87. The molecule has 2 N–H and O–H groups in total. The van der Waals surface area contributed by atoms with Crippen LogP contribution in [0.4, 0.5) is 0 Å². The highest BCUT2D eigenvalue weighted by Gasteiger charge is 2.05. The Balaban J connectivity index is 0.00000162. The summed E-state index contributed by atoms with van der Waals surface area (Å²) in [5, 5.41) is 4.76. The second-order valence-corrected chi connectivity index (χ2v) is 4.57. The lowest BCUT2D eigenvalue weighted by Gasteiger charge is -2.06. The summed E-state index contributed by atoms with van der Waals surface area (Å²) in [4.78, 5) is 4.09. The third kappa shape index (κ3) is 3.46. The van der Waals surface area contributed by atoms with Gasteiger partial charge in [0.05, 0.1) is 0 Å². The van der Waals surface area contributed by atoms with Gasteiger partial charge in [0.25, 0.3) is 0 Å². The largest absolute Gasteiger partial charge is 0.380 e. The summed E-state index contributed by atoms with van der Waals surface area (Å²) < 4.78 is 27.8. The molecular weight excluding hydrogens is 278 g/mol. The molecule has 18 heavy (non-hydrogen) atoms.